The molecule has 4 aromatic rings. The van der Waals surface area contributed by atoms with E-state index in [1.54, 1.807) is 0 Å². The molecule has 0 amide bonds. The van der Waals surface area contributed by atoms with Crippen LogP contribution >= 0.6 is 0 Å². The van der Waals surface area contributed by atoms with Gasteiger partial charge in [0.15, 0.2) is 0 Å². The molecule has 0 fully saturated rings. The van der Waals surface area contributed by atoms with Crippen LogP contribution in [0.3, 0.4) is 0 Å². The van der Waals surface area contributed by atoms with E-state index in [1.165, 1.54) is 35.2 Å². The maximum Gasteiger partial charge on any atom is 0.337 e. The van der Waals surface area contributed by atoms with Gasteiger partial charge in [-0.25, -0.2) is 4.79 Å². The first-order valence-corrected chi connectivity index (χ1v) is 11.8. The number of hydrogen-bond donors (Lipinski definition) is 0. The Kier molecular flexibility index (Phi) is 5.05. The summed E-state index contributed by atoms with van der Waals surface area (Å²) in [4.78, 5) is 14.5. The van der Waals surface area contributed by atoms with Crippen molar-refractivity contribution in [1.29, 1.82) is 0 Å². The normalized spacial score (nSPS) is 14.5. The highest BCUT2D eigenvalue weighted by Crippen LogP contribution is 2.53. The van der Waals surface area contributed by atoms with E-state index >= 15 is 0 Å². The number of anilines is 3. The van der Waals surface area contributed by atoms with E-state index in [4.69, 9.17) is 4.74 Å². The number of hydrogen-bond acceptors (Lipinski definition) is 3. The summed E-state index contributed by atoms with van der Waals surface area (Å²) in [6, 6.07) is 27.8. The van der Waals surface area contributed by atoms with Crippen molar-refractivity contribution < 1.29 is 9.53 Å². The summed E-state index contributed by atoms with van der Waals surface area (Å²) in [5.74, 6) is -0.315. The van der Waals surface area contributed by atoms with Gasteiger partial charge in [-0.1, -0.05) is 77.1 Å². The van der Waals surface area contributed by atoms with Gasteiger partial charge in [-0.15, -0.1) is 0 Å². The highest BCUT2D eigenvalue weighted by molar-refractivity contribution is 6.01. The maximum atomic E-state index is 12.1. The number of carbonyl (C=O) groups is 1. The molecular formula is C31H31NO2. The second-order valence-corrected chi connectivity index (χ2v) is 10.7. The molecule has 5 rings (SSSR count). The van der Waals surface area contributed by atoms with Crippen molar-refractivity contribution in [2.75, 3.05) is 12.0 Å². The molecule has 0 unspecified atom stereocenters. The van der Waals surface area contributed by atoms with E-state index in [2.05, 4.69) is 106 Å². The third kappa shape index (κ3) is 3.38. The molecule has 172 valence electrons. The minimum Gasteiger partial charge on any atom is -0.465 e. The number of fused-ring (bicyclic) bond motifs is 4. The minimum absolute atomic E-state index is 0.103. The van der Waals surface area contributed by atoms with Gasteiger partial charge in [-0.2, -0.15) is 0 Å². The summed E-state index contributed by atoms with van der Waals surface area (Å²) >= 11 is 0. The number of rotatable bonds is 2. The fourth-order valence-corrected chi connectivity index (χ4v) is 5.26. The molecule has 0 saturated carbocycles. The average molecular weight is 450 g/mol. The van der Waals surface area contributed by atoms with E-state index in [-0.39, 0.29) is 16.8 Å². The van der Waals surface area contributed by atoms with E-state index in [0.717, 1.165) is 16.5 Å². The Bertz CT molecular complexity index is 1410. The molecule has 0 spiro atoms. The Labute approximate surface area is 202 Å². The molecule has 0 aliphatic carbocycles. The number of methoxy groups -OCH3 is 1. The lowest BCUT2D eigenvalue weighted by Gasteiger charge is -2.42. The number of ether oxygens (including phenoxy) is 1. The van der Waals surface area contributed by atoms with Gasteiger partial charge in [0.2, 0.25) is 0 Å². The lowest BCUT2D eigenvalue weighted by Crippen LogP contribution is -2.31. The van der Waals surface area contributed by atoms with E-state index in [0.29, 0.717) is 5.56 Å². The van der Waals surface area contributed by atoms with Crippen molar-refractivity contribution >= 4 is 33.8 Å². The third-order valence-corrected chi connectivity index (χ3v) is 7.09. The van der Waals surface area contributed by atoms with Crippen LogP contribution in [0.4, 0.5) is 17.1 Å². The lowest BCUT2D eigenvalue weighted by molar-refractivity contribution is 0.0601. The number of benzene rings is 4. The summed E-state index contributed by atoms with van der Waals surface area (Å²) in [7, 11) is 1.42. The van der Waals surface area contributed by atoms with E-state index < -0.39 is 0 Å². The van der Waals surface area contributed by atoms with E-state index in [9.17, 15) is 4.79 Å². The lowest BCUT2D eigenvalue weighted by atomic mass is 9.71. The fraction of sp³-hybridized carbons (Fsp3) is 0.258. The molecule has 0 N–H and O–H groups in total. The molecule has 4 aromatic carbocycles. The fourth-order valence-electron chi connectivity index (χ4n) is 5.26. The topological polar surface area (TPSA) is 29.5 Å². The zero-order chi connectivity index (χ0) is 24.3. The number of para-hydroxylation sites is 1. The minimum atomic E-state index is -0.315. The molecule has 0 atom stereocenters. The summed E-state index contributed by atoms with van der Waals surface area (Å²) in [5, 5.41) is 2.19. The predicted molar refractivity (Wildman–Crippen MR) is 141 cm³/mol. The SMILES string of the molecule is COC(=O)c1ccc2c3c(ccc2c1)N(c1ccc(C(C)(C)C)cc1)c1ccccc1C3(C)C. The Morgan fingerprint density at radius 2 is 1.56 bits per heavy atom. The molecule has 1 aliphatic rings. The Morgan fingerprint density at radius 1 is 0.853 bits per heavy atom. The summed E-state index contributed by atoms with van der Waals surface area (Å²) < 4.78 is 4.95. The smallest absolute Gasteiger partial charge is 0.337 e. The van der Waals surface area contributed by atoms with Crippen molar-refractivity contribution in [2.24, 2.45) is 0 Å². The van der Waals surface area contributed by atoms with Gasteiger partial charge in [-0.05, 0) is 69.3 Å². The first-order chi connectivity index (χ1) is 16.1. The molecule has 34 heavy (non-hydrogen) atoms. The van der Waals surface area contributed by atoms with Crippen molar-refractivity contribution in [2.45, 2.75) is 45.4 Å². The van der Waals surface area contributed by atoms with Gasteiger partial charge in [0.25, 0.3) is 0 Å². The van der Waals surface area contributed by atoms with Crippen molar-refractivity contribution in [3.05, 3.63) is 101 Å². The third-order valence-electron chi connectivity index (χ3n) is 7.09. The first-order valence-electron chi connectivity index (χ1n) is 11.8. The molecule has 0 aromatic heterocycles. The van der Waals surface area contributed by atoms with Crippen LogP contribution in [0, 0.1) is 0 Å². The molecule has 0 saturated heterocycles. The van der Waals surface area contributed by atoms with Crippen molar-refractivity contribution in [1.82, 2.24) is 0 Å². The quantitative estimate of drug-likeness (QED) is 0.290. The van der Waals surface area contributed by atoms with Gasteiger partial charge in [0, 0.05) is 11.1 Å². The Morgan fingerprint density at radius 3 is 2.24 bits per heavy atom. The van der Waals surface area contributed by atoms with Crippen molar-refractivity contribution in [3.63, 3.8) is 0 Å². The van der Waals surface area contributed by atoms with Gasteiger partial charge in [0.1, 0.15) is 0 Å². The molecule has 0 bridgehead atoms. The van der Waals surface area contributed by atoms with Crippen LogP contribution in [0.5, 0.6) is 0 Å². The standard InChI is InChI=1S/C31H31NO2/c1-30(2,3)22-13-15-23(16-14-22)32-26-10-8-7-9-25(26)31(4,5)28-24-17-11-21(29(33)34-6)19-20(24)12-18-27(28)32/h7-19H,1-6H3. The number of esters is 1. The molecule has 1 aliphatic heterocycles. The van der Waals surface area contributed by atoms with Crippen LogP contribution < -0.4 is 4.90 Å². The largest absolute Gasteiger partial charge is 0.465 e. The first kappa shape index (κ1) is 22.2. The van der Waals surface area contributed by atoms with Gasteiger partial charge in [-0.3, -0.25) is 0 Å². The highest BCUT2D eigenvalue weighted by atomic mass is 16.5. The van der Waals surface area contributed by atoms with Crippen LogP contribution in [-0.4, -0.2) is 13.1 Å². The van der Waals surface area contributed by atoms with Gasteiger partial charge in [0.05, 0.1) is 24.0 Å². The monoisotopic (exact) mass is 449 g/mol. The molecule has 3 nitrogen and oxygen atoms in total. The second kappa shape index (κ2) is 7.73. The van der Waals surface area contributed by atoms with Gasteiger partial charge < -0.3 is 9.64 Å². The summed E-state index contributed by atoms with van der Waals surface area (Å²) in [5.41, 5.74) is 7.84. The zero-order valence-corrected chi connectivity index (χ0v) is 20.8. The van der Waals surface area contributed by atoms with Crippen LogP contribution in [0.2, 0.25) is 0 Å². The van der Waals surface area contributed by atoms with Crippen LogP contribution in [0.25, 0.3) is 10.8 Å². The second-order valence-electron chi connectivity index (χ2n) is 10.7. The highest BCUT2D eigenvalue weighted by Gasteiger charge is 2.38. The maximum absolute atomic E-state index is 12.1. The molecule has 3 heteroatoms. The predicted octanol–water partition coefficient (Wildman–Crippen LogP) is 8.03. The summed E-state index contributed by atoms with van der Waals surface area (Å²) in [6.07, 6.45) is 0. The van der Waals surface area contributed by atoms with E-state index in [1.807, 2.05) is 12.1 Å². The summed E-state index contributed by atoms with van der Waals surface area (Å²) in [6.45, 7) is 11.3. The molecule has 0 radical (unpaired) electrons. The molecule has 1 heterocycles. The average Bonchev–Trinajstić information content (AvgIpc) is 2.82. The molecular weight excluding hydrogens is 418 g/mol. The number of nitrogens with zero attached hydrogens (tertiary/aromatic N) is 1. The van der Waals surface area contributed by atoms with Gasteiger partial charge >= 0.3 is 5.97 Å². The van der Waals surface area contributed by atoms with Crippen molar-refractivity contribution in [3.8, 4) is 0 Å². The number of carbonyl (C=O) groups excluding carboxylic acids is 1. The van der Waals surface area contributed by atoms with Crippen LogP contribution in [0.15, 0.2) is 78.9 Å². The zero-order valence-electron chi connectivity index (χ0n) is 20.8. The van der Waals surface area contributed by atoms with Crippen LogP contribution in [0.1, 0.15) is 61.7 Å². The van der Waals surface area contributed by atoms with Crippen LogP contribution in [-0.2, 0) is 15.6 Å². The Hall–Kier alpha value is -3.59. The Balaban J connectivity index is 1.77.